The molecule has 1 aliphatic heterocycles. The van der Waals surface area contributed by atoms with E-state index in [-0.39, 0.29) is 24.4 Å². The van der Waals surface area contributed by atoms with E-state index in [1.807, 2.05) is 53.2 Å². The molecule has 3 aromatic rings. The molecule has 1 atom stereocenters. The van der Waals surface area contributed by atoms with Gasteiger partial charge in [0, 0.05) is 18.7 Å². The molecule has 2 amide bonds. The molecule has 0 bridgehead atoms. The van der Waals surface area contributed by atoms with Gasteiger partial charge >= 0.3 is 0 Å². The summed E-state index contributed by atoms with van der Waals surface area (Å²) < 4.78 is 1.89. The van der Waals surface area contributed by atoms with E-state index in [1.54, 1.807) is 4.90 Å². The molecule has 2 heterocycles. The summed E-state index contributed by atoms with van der Waals surface area (Å²) in [5.41, 5.74) is 4.58. The van der Waals surface area contributed by atoms with Gasteiger partial charge in [0.05, 0.1) is 18.3 Å². The van der Waals surface area contributed by atoms with Gasteiger partial charge in [0.15, 0.2) is 0 Å². The van der Waals surface area contributed by atoms with Crippen molar-refractivity contribution in [2.75, 3.05) is 13.1 Å². The molecular formula is C27H32N4O2. The van der Waals surface area contributed by atoms with E-state index >= 15 is 0 Å². The molecule has 0 radical (unpaired) electrons. The summed E-state index contributed by atoms with van der Waals surface area (Å²) in [6.45, 7) is 5.25. The van der Waals surface area contributed by atoms with E-state index in [4.69, 9.17) is 5.10 Å². The minimum atomic E-state index is -0.147. The number of carbonyl (C=O) groups excluding carboxylic acids is 2. The lowest BCUT2D eigenvalue weighted by molar-refractivity contribution is -0.122. The largest absolute Gasteiger partial charge is 0.350 e. The number of hydrogen-bond donors (Lipinski definition) is 1. The molecule has 2 aromatic carbocycles. The highest BCUT2D eigenvalue weighted by molar-refractivity contribution is 5.96. The number of hydrogen-bond acceptors (Lipinski definition) is 3. The monoisotopic (exact) mass is 444 g/mol. The lowest BCUT2D eigenvalue weighted by atomic mass is 10.0. The van der Waals surface area contributed by atoms with Crippen molar-refractivity contribution >= 4 is 11.8 Å². The van der Waals surface area contributed by atoms with Crippen molar-refractivity contribution in [1.82, 2.24) is 20.0 Å². The number of amides is 2. The Bertz CT molecular complexity index is 1090. The van der Waals surface area contributed by atoms with E-state index in [0.717, 1.165) is 42.5 Å². The zero-order chi connectivity index (χ0) is 23.2. The van der Waals surface area contributed by atoms with Crippen molar-refractivity contribution in [2.24, 2.45) is 0 Å². The molecule has 0 saturated carbocycles. The molecular weight excluding hydrogens is 412 g/mol. The number of fused-ring (bicyclic) bond motifs is 1. The van der Waals surface area contributed by atoms with Crippen LogP contribution in [-0.2, 0) is 11.3 Å². The lowest BCUT2D eigenvalue weighted by Crippen LogP contribution is -2.47. The Morgan fingerprint density at radius 2 is 1.85 bits per heavy atom. The summed E-state index contributed by atoms with van der Waals surface area (Å²) in [5, 5.41) is 7.76. The van der Waals surface area contributed by atoms with Crippen LogP contribution in [0.15, 0.2) is 60.7 Å². The molecule has 0 fully saturated rings. The van der Waals surface area contributed by atoms with Gasteiger partial charge in [-0.25, -0.2) is 0 Å². The molecule has 6 heteroatoms. The van der Waals surface area contributed by atoms with Crippen LogP contribution in [0, 0.1) is 6.92 Å². The molecule has 33 heavy (non-hydrogen) atoms. The zero-order valence-electron chi connectivity index (χ0n) is 19.5. The fourth-order valence-electron chi connectivity index (χ4n) is 4.28. The first kappa shape index (κ1) is 22.8. The first-order valence-electron chi connectivity index (χ1n) is 11.8. The second-order valence-electron chi connectivity index (χ2n) is 8.82. The maximum absolute atomic E-state index is 13.3. The highest BCUT2D eigenvalue weighted by atomic mass is 16.2. The second-order valence-corrected chi connectivity index (χ2v) is 8.82. The number of benzene rings is 2. The second kappa shape index (κ2) is 10.5. The first-order valence-corrected chi connectivity index (χ1v) is 11.8. The van der Waals surface area contributed by atoms with E-state index in [1.165, 1.54) is 5.56 Å². The average molecular weight is 445 g/mol. The van der Waals surface area contributed by atoms with Gasteiger partial charge in [0.25, 0.3) is 5.91 Å². The summed E-state index contributed by atoms with van der Waals surface area (Å²) in [6.07, 6.45) is 4.29. The Morgan fingerprint density at radius 3 is 2.58 bits per heavy atom. The van der Waals surface area contributed by atoms with Gasteiger partial charge in [0.2, 0.25) is 5.91 Å². The van der Waals surface area contributed by atoms with E-state index in [2.05, 4.69) is 31.3 Å². The van der Waals surface area contributed by atoms with Crippen LogP contribution in [0.3, 0.4) is 0 Å². The van der Waals surface area contributed by atoms with Crippen molar-refractivity contribution in [2.45, 2.75) is 52.1 Å². The van der Waals surface area contributed by atoms with Gasteiger partial charge in [0.1, 0.15) is 5.69 Å². The lowest BCUT2D eigenvalue weighted by Gasteiger charge is -2.33. The number of rotatable bonds is 9. The zero-order valence-corrected chi connectivity index (χ0v) is 19.5. The summed E-state index contributed by atoms with van der Waals surface area (Å²) in [4.78, 5) is 27.6. The van der Waals surface area contributed by atoms with Gasteiger partial charge in [-0.15, -0.1) is 0 Å². The third-order valence-electron chi connectivity index (χ3n) is 6.17. The molecule has 1 aliphatic rings. The Hall–Kier alpha value is -3.41. The van der Waals surface area contributed by atoms with Crippen LogP contribution in [0.1, 0.15) is 60.3 Å². The van der Waals surface area contributed by atoms with Crippen LogP contribution in [0.25, 0.3) is 11.3 Å². The van der Waals surface area contributed by atoms with Crippen molar-refractivity contribution < 1.29 is 9.59 Å². The van der Waals surface area contributed by atoms with E-state index < -0.39 is 0 Å². The van der Waals surface area contributed by atoms with Crippen molar-refractivity contribution in [3.05, 3.63) is 77.5 Å². The smallest absolute Gasteiger partial charge is 0.272 e. The van der Waals surface area contributed by atoms with E-state index in [0.29, 0.717) is 18.8 Å². The van der Waals surface area contributed by atoms with Crippen LogP contribution in [-0.4, -0.2) is 39.6 Å². The average Bonchev–Trinajstić information content (AvgIpc) is 3.28. The molecule has 1 aromatic heterocycles. The van der Waals surface area contributed by atoms with Crippen molar-refractivity contribution in [3.8, 4) is 11.3 Å². The molecule has 0 aliphatic carbocycles. The normalized spacial score (nSPS) is 15.4. The standard InChI is InChI=1S/C27H32N4O2/c1-3-4-6-11-23-18-30(19-26(32)28-17-21-9-7-5-8-10-21)27(33)25-16-24(29-31(23)25)22-14-12-20(2)13-15-22/h5,7-10,12-16,23H,3-4,6,11,17-19H2,1-2H3,(H,28,32). The Balaban J connectivity index is 1.51. The van der Waals surface area contributed by atoms with Crippen molar-refractivity contribution in [3.63, 3.8) is 0 Å². The quantitative estimate of drug-likeness (QED) is 0.484. The van der Waals surface area contributed by atoms with Gasteiger partial charge in [-0.2, -0.15) is 5.10 Å². The number of carbonyl (C=O) groups is 2. The number of aromatic nitrogens is 2. The minimum Gasteiger partial charge on any atom is -0.350 e. The molecule has 172 valence electrons. The number of nitrogens with zero attached hydrogens (tertiary/aromatic N) is 3. The Morgan fingerprint density at radius 1 is 1.09 bits per heavy atom. The predicted molar refractivity (Wildman–Crippen MR) is 130 cm³/mol. The van der Waals surface area contributed by atoms with Crippen LogP contribution >= 0.6 is 0 Å². The Kier molecular flexibility index (Phi) is 7.23. The van der Waals surface area contributed by atoms with Crippen LogP contribution in [0.2, 0.25) is 0 Å². The predicted octanol–water partition coefficient (Wildman–Crippen LogP) is 4.75. The molecule has 0 spiro atoms. The summed E-state index contributed by atoms with van der Waals surface area (Å²) in [7, 11) is 0. The molecule has 1 unspecified atom stereocenters. The Labute approximate surface area is 195 Å². The SMILES string of the molecule is CCCCCC1CN(CC(=O)NCc2ccccc2)C(=O)c2cc(-c3ccc(C)cc3)nn21. The maximum Gasteiger partial charge on any atom is 0.272 e. The molecule has 4 rings (SSSR count). The highest BCUT2D eigenvalue weighted by Crippen LogP contribution is 2.29. The first-order chi connectivity index (χ1) is 16.0. The van der Waals surface area contributed by atoms with Gasteiger partial charge in [-0.05, 0) is 25.0 Å². The fraction of sp³-hybridized carbons (Fsp3) is 0.370. The molecule has 6 nitrogen and oxygen atoms in total. The van der Waals surface area contributed by atoms with E-state index in [9.17, 15) is 9.59 Å². The maximum atomic E-state index is 13.3. The van der Waals surface area contributed by atoms with Crippen LogP contribution in [0.4, 0.5) is 0 Å². The van der Waals surface area contributed by atoms with Gasteiger partial charge in [-0.1, -0.05) is 86.3 Å². The number of nitrogens with one attached hydrogen (secondary N) is 1. The summed E-state index contributed by atoms with van der Waals surface area (Å²) >= 11 is 0. The van der Waals surface area contributed by atoms with Gasteiger partial charge < -0.3 is 10.2 Å². The van der Waals surface area contributed by atoms with Gasteiger partial charge in [-0.3, -0.25) is 14.3 Å². The summed E-state index contributed by atoms with van der Waals surface area (Å²) in [5.74, 6) is -0.284. The molecule has 1 N–H and O–H groups in total. The third-order valence-corrected chi connectivity index (χ3v) is 6.17. The van der Waals surface area contributed by atoms with Crippen LogP contribution in [0.5, 0.6) is 0 Å². The van der Waals surface area contributed by atoms with Crippen LogP contribution < -0.4 is 5.32 Å². The number of unbranched alkanes of at least 4 members (excludes halogenated alkanes) is 2. The number of aryl methyl sites for hydroxylation is 1. The van der Waals surface area contributed by atoms with Crippen molar-refractivity contribution in [1.29, 1.82) is 0 Å². The fourth-order valence-corrected chi connectivity index (χ4v) is 4.28. The highest BCUT2D eigenvalue weighted by Gasteiger charge is 2.33. The minimum absolute atomic E-state index is 0.0565. The third kappa shape index (κ3) is 5.51. The molecule has 0 saturated heterocycles. The summed E-state index contributed by atoms with van der Waals surface area (Å²) in [6, 6.07) is 19.9. The topological polar surface area (TPSA) is 67.2 Å².